The maximum Gasteiger partial charge on any atom is 0.229 e. The Morgan fingerprint density at radius 1 is 1.14 bits per heavy atom. The molecule has 192 valence electrons. The third-order valence-corrected chi connectivity index (χ3v) is 6.64. The first-order valence-corrected chi connectivity index (χ1v) is 13.0. The fourth-order valence-corrected chi connectivity index (χ4v) is 4.67. The lowest BCUT2D eigenvalue weighted by Gasteiger charge is -2.26. The van der Waals surface area contributed by atoms with E-state index in [2.05, 4.69) is 57.1 Å². The smallest absolute Gasteiger partial charge is 0.229 e. The largest absolute Gasteiger partial charge is 0.497 e. The fourth-order valence-electron chi connectivity index (χ4n) is 4.51. The van der Waals surface area contributed by atoms with E-state index in [9.17, 15) is 0 Å². The molecule has 1 aromatic heterocycles. The highest BCUT2D eigenvalue weighted by atomic mass is 35.5. The summed E-state index contributed by atoms with van der Waals surface area (Å²) in [6, 6.07) is 12.4. The van der Waals surface area contributed by atoms with Crippen LogP contribution < -0.4 is 25.4 Å². The Kier molecular flexibility index (Phi) is 8.88. The van der Waals surface area contributed by atoms with Crippen molar-refractivity contribution < 1.29 is 9.47 Å². The van der Waals surface area contributed by atoms with E-state index in [1.54, 1.807) is 13.3 Å². The lowest BCUT2D eigenvalue weighted by Crippen LogP contribution is -2.27. The monoisotopic (exact) mass is 509 g/mol. The van der Waals surface area contributed by atoms with Gasteiger partial charge in [0.2, 0.25) is 5.95 Å². The summed E-state index contributed by atoms with van der Waals surface area (Å²) in [5, 5.41) is 10.6. The first-order valence-electron chi connectivity index (χ1n) is 12.6. The molecule has 2 heterocycles. The molecule has 7 nitrogen and oxygen atoms in total. The Morgan fingerprint density at radius 2 is 1.89 bits per heavy atom. The van der Waals surface area contributed by atoms with Gasteiger partial charge in [0, 0.05) is 6.54 Å². The molecule has 4 rings (SSSR count). The van der Waals surface area contributed by atoms with Gasteiger partial charge in [-0.15, -0.1) is 0 Å². The van der Waals surface area contributed by atoms with Crippen LogP contribution in [0.5, 0.6) is 11.5 Å². The second-order valence-corrected chi connectivity index (χ2v) is 9.84. The number of hydrogen-bond donors (Lipinski definition) is 3. The molecule has 2 aromatic carbocycles. The highest BCUT2D eigenvalue weighted by Gasteiger charge is 2.20. The lowest BCUT2D eigenvalue weighted by atomic mass is 9.87. The Morgan fingerprint density at radius 3 is 2.58 bits per heavy atom. The Bertz CT molecular complexity index is 1150. The van der Waals surface area contributed by atoms with Gasteiger partial charge < -0.3 is 25.4 Å². The standard InChI is InChI=1S/C28H36ClN5O2/c1-18(2)36-26-16-23(21-10-12-30-13-11-21)19(3)15-25(26)33-28-32-17-24(29)27(34-28)31-14-9-20-5-7-22(35-4)8-6-20/h5-8,15-18,21,30H,9-14H2,1-4H3,(H2,31,32,33,34). The highest BCUT2D eigenvalue weighted by Crippen LogP contribution is 2.37. The number of ether oxygens (including phenoxy) is 2. The van der Waals surface area contributed by atoms with Crippen molar-refractivity contribution in [3.8, 4) is 11.5 Å². The summed E-state index contributed by atoms with van der Waals surface area (Å²) in [5.74, 6) is 3.27. The van der Waals surface area contributed by atoms with E-state index in [1.807, 2.05) is 26.0 Å². The molecular weight excluding hydrogens is 474 g/mol. The van der Waals surface area contributed by atoms with Crippen LogP contribution in [-0.2, 0) is 6.42 Å². The van der Waals surface area contributed by atoms with E-state index in [-0.39, 0.29) is 6.10 Å². The van der Waals surface area contributed by atoms with Crippen LogP contribution in [-0.4, -0.2) is 42.8 Å². The number of nitrogens with one attached hydrogen (secondary N) is 3. The van der Waals surface area contributed by atoms with Crippen molar-refractivity contribution in [2.45, 2.75) is 52.1 Å². The van der Waals surface area contributed by atoms with Crippen molar-refractivity contribution in [2.75, 3.05) is 37.4 Å². The summed E-state index contributed by atoms with van der Waals surface area (Å²) in [7, 11) is 1.67. The molecule has 8 heteroatoms. The molecule has 1 fully saturated rings. The Labute approximate surface area is 219 Å². The Hall–Kier alpha value is -3.03. The zero-order valence-corrected chi connectivity index (χ0v) is 22.3. The fraction of sp³-hybridized carbons (Fsp3) is 0.429. The molecule has 0 bridgehead atoms. The quantitative estimate of drug-likeness (QED) is 0.304. The number of nitrogens with zero attached hydrogens (tertiary/aromatic N) is 2. The van der Waals surface area contributed by atoms with Crippen LogP contribution in [0.1, 0.15) is 49.3 Å². The molecule has 3 N–H and O–H groups in total. The molecule has 1 aliphatic heterocycles. The minimum atomic E-state index is 0.0513. The minimum Gasteiger partial charge on any atom is -0.497 e. The number of hydrogen-bond acceptors (Lipinski definition) is 7. The van der Waals surface area contributed by atoms with Gasteiger partial charge in [-0.1, -0.05) is 23.7 Å². The number of methoxy groups -OCH3 is 1. The summed E-state index contributed by atoms with van der Waals surface area (Å²) in [6.07, 6.45) is 4.78. The third kappa shape index (κ3) is 6.80. The number of aromatic nitrogens is 2. The Balaban J connectivity index is 1.49. The average molecular weight is 510 g/mol. The average Bonchev–Trinajstić information content (AvgIpc) is 2.88. The molecular formula is C28H36ClN5O2. The molecule has 3 aromatic rings. The SMILES string of the molecule is COc1ccc(CCNc2nc(Nc3cc(C)c(C4CCNCC4)cc3OC(C)C)ncc2Cl)cc1. The van der Waals surface area contributed by atoms with Crippen LogP contribution in [0.3, 0.4) is 0 Å². The first kappa shape index (κ1) is 26.0. The van der Waals surface area contributed by atoms with E-state index >= 15 is 0 Å². The minimum absolute atomic E-state index is 0.0513. The van der Waals surface area contributed by atoms with Crippen molar-refractivity contribution in [1.82, 2.24) is 15.3 Å². The molecule has 1 saturated heterocycles. The molecule has 0 aliphatic carbocycles. The zero-order valence-electron chi connectivity index (χ0n) is 21.5. The third-order valence-electron chi connectivity index (χ3n) is 6.37. The van der Waals surface area contributed by atoms with Crippen molar-refractivity contribution in [3.63, 3.8) is 0 Å². The van der Waals surface area contributed by atoms with Gasteiger partial charge in [-0.25, -0.2) is 4.98 Å². The number of aryl methyl sites for hydroxylation is 1. The van der Waals surface area contributed by atoms with Crippen LogP contribution in [0.2, 0.25) is 5.02 Å². The maximum absolute atomic E-state index is 6.39. The van der Waals surface area contributed by atoms with Crippen molar-refractivity contribution in [1.29, 1.82) is 0 Å². The zero-order chi connectivity index (χ0) is 25.5. The number of anilines is 3. The second kappa shape index (κ2) is 12.3. The van der Waals surface area contributed by atoms with Crippen LogP contribution in [0.4, 0.5) is 17.5 Å². The van der Waals surface area contributed by atoms with Gasteiger partial charge in [-0.3, -0.25) is 0 Å². The van der Waals surface area contributed by atoms with Gasteiger partial charge in [0.25, 0.3) is 0 Å². The van der Waals surface area contributed by atoms with Gasteiger partial charge in [0.1, 0.15) is 16.5 Å². The number of benzene rings is 2. The van der Waals surface area contributed by atoms with Gasteiger partial charge in [0.05, 0.1) is 25.1 Å². The van der Waals surface area contributed by atoms with Gasteiger partial charge in [-0.2, -0.15) is 4.98 Å². The van der Waals surface area contributed by atoms with Crippen LogP contribution in [0.25, 0.3) is 0 Å². The molecule has 0 atom stereocenters. The number of rotatable bonds is 10. The second-order valence-electron chi connectivity index (χ2n) is 9.44. The van der Waals surface area contributed by atoms with Crippen LogP contribution >= 0.6 is 11.6 Å². The van der Waals surface area contributed by atoms with E-state index in [0.29, 0.717) is 29.3 Å². The molecule has 0 unspecified atom stereocenters. The predicted octanol–water partition coefficient (Wildman–Crippen LogP) is 6.10. The van der Waals surface area contributed by atoms with Crippen LogP contribution in [0, 0.1) is 6.92 Å². The van der Waals surface area contributed by atoms with Gasteiger partial charge >= 0.3 is 0 Å². The van der Waals surface area contributed by atoms with Crippen molar-refractivity contribution in [2.24, 2.45) is 0 Å². The van der Waals surface area contributed by atoms with Crippen LogP contribution in [0.15, 0.2) is 42.6 Å². The number of halogens is 1. The summed E-state index contributed by atoms with van der Waals surface area (Å²) in [4.78, 5) is 9.05. The normalized spacial score (nSPS) is 14.1. The van der Waals surface area contributed by atoms with Crippen molar-refractivity contribution in [3.05, 3.63) is 64.3 Å². The molecule has 36 heavy (non-hydrogen) atoms. The topological polar surface area (TPSA) is 80.3 Å². The van der Waals surface area contributed by atoms with E-state index in [1.165, 1.54) is 16.7 Å². The predicted molar refractivity (Wildman–Crippen MR) is 147 cm³/mol. The summed E-state index contributed by atoms with van der Waals surface area (Å²) in [6.45, 7) is 9.04. The molecule has 1 aliphatic rings. The van der Waals surface area contributed by atoms with Gasteiger partial charge in [-0.05, 0) is 100.0 Å². The summed E-state index contributed by atoms with van der Waals surface area (Å²) < 4.78 is 11.4. The molecule has 0 amide bonds. The van der Waals surface area contributed by atoms with Crippen molar-refractivity contribution >= 4 is 29.1 Å². The summed E-state index contributed by atoms with van der Waals surface area (Å²) in [5.41, 5.74) is 4.65. The molecule has 0 radical (unpaired) electrons. The van der Waals surface area contributed by atoms with E-state index in [0.717, 1.165) is 49.5 Å². The number of piperidine rings is 1. The highest BCUT2D eigenvalue weighted by molar-refractivity contribution is 6.32. The summed E-state index contributed by atoms with van der Waals surface area (Å²) >= 11 is 6.39. The lowest BCUT2D eigenvalue weighted by molar-refractivity contribution is 0.243. The molecule has 0 saturated carbocycles. The maximum atomic E-state index is 6.39. The van der Waals surface area contributed by atoms with Gasteiger partial charge in [0.15, 0.2) is 5.82 Å². The van der Waals surface area contributed by atoms with E-state index < -0.39 is 0 Å². The molecule has 0 spiro atoms. The van der Waals surface area contributed by atoms with E-state index in [4.69, 9.17) is 21.1 Å². The first-order chi connectivity index (χ1) is 17.4.